The lowest BCUT2D eigenvalue weighted by Crippen LogP contribution is -2.23. The number of H-pyrrole nitrogens is 1. The van der Waals surface area contributed by atoms with Gasteiger partial charge in [-0.1, -0.05) is 13.3 Å². The van der Waals surface area contributed by atoms with Crippen molar-refractivity contribution in [2.24, 2.45) is 5.10 Å². The maximum absolute atomic E-state index is 12.5. The smallest absolute Gasteiger partial charge is 0.264 e. The molecule has 0 fully saturated rings. The number of hydrogen-bond donors (Lipinski definition) is 3. The fourth-order valence-electron chi connectivity index (χ4n) is 3.23. The summed E-state index contributed by atoms with van der Waals surface area (Å²) in [5.74, 6) is 1.23. The summed E-state index contributed by atoms with van der Waals surface area (Å²) < 4.78 is 12.5. The third-order valence-corrected chi connectivity index (χ3v) is 5.08. The average Bonchev–Trinajstić information content (AvgIpc) is 3.16. The minimum absolute atomic E-state index is 0.140. The second kappa shape index (κ2) is 8.47. The highest BCUT2D eigenvalue weighted by atomic mass is 32.1. The van der Waals surface area contributed by atoms with E-state index in [2.05, 4.69) is 15.5 Å². The lowest BCUT2D eigenvalue weighted by molar-refractivity contribution is 0.392. The van der Waals surface area contributed by atoms with E-state index in [1.807, 2.05) is 25.1 Å². The monoisotopic (exact) mass is 404 g/mol. The lowest BCUT2D eigenvalue weighted by Gasteiger charge is -2.16. The average molecular weight is 404 g/mol. The molecule has 150 valence electrons. The van der Waals surface area contributed by atoms with Crippen LogP contribution in [0.4, 0.5) is 0 Å². The summed E-state index contributed by atoms with van der Waals surface area (Å²) in [7, 11) is 3.19. The molecule has 0 radical (unpaired) electrons. The van der Waals surface area contributed by atoms with Gasteiger partial charge in [-0.2, -0.15) is 5.10 Å². The quantitative estimate of drug-likeness (QED) is 0.614. The van der Waals surface area contributed by atoms with Gasteiger partial charge in [0.1, 0.15) is 17.1 Å². The van der Waals surface area contributed by atoms with Crippen molar-refractivity contribution in [3.63, 3.8) is 0 Å². The Morgan fingerprint density at radius 1 is 1.36 bits per heavy atom. The molecule has 1 aliphatic heterocycles. The molecule has 0 unspecified atom stereocenters. The summed E-state index contributed by atoms with van der Waals surface area (Å²) in [4.78, 5) is 15.1. The van der Waals surface area contributed by atoms with Crippen molar-refractivity contribution in [2.45, 2.75) is 38.8 Å². The molecule has 3 rings (SSSR count). The molecule has 28 heavy (non-hydrogen) atoms. The van der Waals surface area contributed by atoms with Crippen LogP contribution in [0.25, 0.3) is 0 Å². The number of hydrazone groups is 1. The van der Waals surface area contributed by atoms with Gasteiger partial charge in [-0.25, -0.2) is 0 Å². The molecular formula is C19H24N4O4S. The number of aromatic nitrogens is 2. The Kier molecular flexibility index (Phi) is 6.03. The number of aromatic amines is 1. The van der Waals surface area contributed by atoms with Gasteiger partial charge in [0, 0.05) is 18.5 Å². The SMILES string of the molecule is CCCCn1c(O)c(C2=NN[C@H](c3cc(OC)ccc3OC)C2)c(=O)[nH]c1=S. The first-order valence-electron chi connectivity index (χ1n) is 9.10. The molecule has 0 saturated carbocycles. The number of aromatic hydroxyl groups is 1. The first-order chi connectivity index (χ1) is 13.5. The van der Waals surface area contributed by atoms with Crippen LogP contribution in [0.1, 0.15) is 43.4 Å². The molecule has 1 aromatic carbocycles. The second-order valence-electron chi connectivity index (χ2n) is 6.52. The van der Waals surface area contributed by atoms with Gasteiger partial charge in [0.15, 0.2) is 4.77 Å². The van der Waals surface area contributed by atoms with Crippen molar-refractivity contribution in [3.05, 3.63) is 44.5 Å². The molecule has 1 aliphatic rings. The van der Waals surface area contributed by atoms with Crippen LogP contribution in [0.2, 0.25) is 0 Å². The number of methoxy groups -OCH3 is 2. The van der Waals surface area contributed by atoms with Gasteiger partial charge in [0.2, 0.25) is 5.88 Å². The third kappa shape index (κ3) is 3.75. The maximum atomic E-state index is 12.5. The van der Waals surface area contributed by atoms with E-state index in [0.29, 0.717) is 30.2 Å². The number of ether oxygens (including phenoxy) is 2. The second-order valence-corrected chi connectivity index (χ2v) is 6.90. The predicted molar refractivity (Wildman–Crippen MR) is 109 cm³/mol. The molecule has 0 bridgehead atoms. The number of unbranched alkanes of at least 4 members (excludes halogenated alkanes) is 1. The van der Waals surface area contributed by atoms with Gasteiger partial charge >= 0.3 is 0 Å². The highest BCUT2D eigenvalue weighted by Crippen LogP contribution is 2.34. The van der Waals surface area contributed by atoms with Gasteiger partial charge < -0.3 is 20.0 Å². The summed E-state index contributed by atoms with van der Waals surface area (Å²) in [5, 5.41) is 15.0. The van der Waals surface area contributed by atoms with E-state index in [9.17, 15) is 9.90 Å². The maximum Gasteiger partial charge on any atom is 0.264 e. The Hall–Kier alpha value is -2.81. The van der Waals surface area contributed by atoms with E-state index in [4.69, 9.17) is 21.7 Å². The standard InChI is InChI=1S/C19H24N4O4S/c1-4-5-8-23-18(25)16(17(24)20-19(23)28)14-10-13(21-22-14)12-9-11(26-2)6-7-15(12)27-3/h6-7,9,13,21,25H,4-5,8,10H2,1-3H3,(H,20,24,28)/t13-/m0/s1. The summed E-state index contributed by atoms with van der Waals surface area (Å²) in [6.45, 7) is 2.57. The molecule has 0 aliphatic carbocycles. The van der Waals surface area contributed by atoms with Crippen molar-refractivity contribution in [1.29, 1.82) is 0 Å². The van der Waals surface area contributed by atoms with Gasteiger partial charge in [0.05, 0.1) is 26.0 Å². The molecule has 0 spiro atoms. The first-order valence-corrected chi connectivity index (χ1v) is 9.51. The zero-order chi connectivity index (χ0) is 20.3. The van der Waals surface area contributed by atoms with E-state index in [0.717, 1.165) is 18.4 Å². The van der Waals surface area contributed by atoms with E-state index in [1.165, 1.54) is 4.57 Å². The van der Waals surface area contributed by atoms with Crippen molar-refractivity contribution < 1.29 is 14.6 Å². The molecule has 1 atom stereocenters. The first kappa shape index (κ1) is 19.9. The van der Waals surface area contributed by atoms with Gasteiger partial charge in [-0.15, -0.1) is 0 Å². The molecule has 9 heteroatoms. The number of benzene rings is 1. The van der Waals surface area contributed by atoms with Crippen LogP contribution in [0.5, 0.6) is 17.4 Å². The Morgan fingerprint density at radius 3 is 2.82 bits per heavy atom. The fraction of sp³-hybridized carbons (Fsp3) is 0.421. The Balaban J connectivity index is 1.95. The molecule has 0 saturated heterocycles. The summed E-state index contributed by atoms with van der Waals surface area (Å²) >= 11 is 5.20. The van der Waals surface area contributed by atoms with Crippen LogP contribution in [-0.2, 0) is 6.54 Å². The Bertz CT molecular complexity index is 1010. The highest BCUT2D eigenvalue weighted by Gasteiger charge is 2.28. The van der Waals surface area contributed by atoms with Crippen LogP contribution < -0.4 is 20.5 Å². The number of nitrogens with zero attached hydrogens (tertiary/aromatic N) is 2. The number of nitrogens with one attached hydrogen (secondary N) is 2. The normalized spacial score (nSPS) is 15.8. The summed E-state index contributed by atoms with van der Waals surface area (Å²) in [6, 6.07) is 5.29. The molecule has 3 N–H and O–H groups in total. The number of rotatable bonds is 7. The van der Waals surface area contributed by atoms with Crippen LogP contribution in [0, 0.1) is 4.77 Å². The Morgan fingerprint density at radius 2 is 2.14 bits per heavy atom. The third-order valence-electron chi connectivity index (χ3n) is 4.76. The van der Waals surface area contributed by atoms with E-state index in [-0.39, 0.29) is 22.3 Å². The molecule has 0 amide bonds. The molecular weight excluding hydrogens is 380 g/mol. The topological polar surface area (TPSA) is 101 Å². The van der Waals surface area contributed by atoms with Crippen molar-refractivity contribution in [2.75, 3.05) is 14.2 Å². The van der Waals surface area contributed by atoms with Gasteiger partial charge in [-0.05, 0) is 36.8 Å². The molecule has 2 heterocycles. The number of hydrogen-bond acceptors (Lipinski definition) is 7. The summed E-state index contributed by atoms with van der Waals surface area (Å²) in [5.41, 5.74) is 4.05. The zero-order valence-corrected chi connectivity index (χ0v) is 16.9. The lowest BCUT2D eigenvalue weighted by atomic mass is 9.99. The van der Waals surface area contributed by atoms with E-state index < -0.39 is 5.56 Å². The van der Waals surface area contributed by atoms with Crippen molar-refractivity contribution in [3.8, 4) is 17.4 Å². The van der Waals surface area contributed by atoms with Crippen molar-refractivity contribution in [1.82, 2.24) is 15.0 Å². The van der Waals surface area contributed by atoms with E-state index >= 15 is 0 Å². The summed E-state index contributed by atoms with van der Waals surface area (Å²) in [6.07, 6.45) is 2.18. The van der Waals surface area contributed by atoms with Crippen LogP contribution in [0.3, 0.4) is 0 Å². The minimum atomic E-state index is -0.450. The molecule has 1 aromatic heterocycles. The minimum Gasteiger partial charge on any atom is -0.497 e. The zero-order valence-electron chi connectivity index (χ0n) is 16.1. The van der Waals surface area contributed by atoms with Crippen LogP contribution in [0.15, 0.2) is 28.1 Å². The largest absolute Gasteiger partial charge is 0.497 e. The molecule has 8 nitrogen and oxygen atoms in total. The van der Waals surface area contributed by atoms with Gasteiger partial charge in [0.25, 0.3) is 5.56 Å². The van der Waals surface area contributed by atoms with Crippen LogP contribution in [-0.4, -0.2) is 34.6 Å². The van der Waals surface area contributed by atoms with Gasteiger partial charge in [-0.3, -0.25) is 14.3 Å². The predicted octanol–water partition coefficient (Wildman–Crippen LogP) is 2.87. The van der Waals surface area contributed by atoms with Crippen molar-refractivity contribution >= 4 is 17.9 Å². The van der Waals surface area contributed by atoms with Crippen LogP contribution >= 0.6 is 12.2 Å². The van der Waals surface area contributed by atoms with E-state index in [1.54, 1.807) is 14.2 Å². The Labute approximate surface area is 167 Å². The highest BCUT2D eigenvalue weighted by molar-refractivity contribution is 7.71. The fourth-order valence-corrected chi connectivity index (χ4v) is 3.50. The molecule has 2 aromatic rings.